The average Bonchev–Trinajstić information content (AvgIpc) is 2.88. The third kappa shape index (κ3) is 8.61. The van der Waals surface area contributed by atoms with Crippen LogP contribution in [0.15, 0.2) is 42.5 Å². The summed E-state index contributed by atoms with van der Waals surface area (Å²) in [7, 11) is 0. The van der Waals surface area contributed by atoms with E-state index in [0.29, 0.717) is 23.7 Å². The number of aromatic nitrogens is 2. The number of amides is 2. The Labute approximate surface area is 242 Å². The van der Waals surface area contributed by atoms with Gasteiger partial charge in [-0.3, -0.25) is 9.78 Å². The van der Waals surface area contributed by atoms with Crippen molar-refractivity contribution in [2.45, 2.75) is 74.0 Å². The Morgan fingerprint density at radius 2 is 1.61 bits per heavy atom. The molecule has 0 saturated carbocycles. The van der Waals surface area contributed by atoms with Gasteiger partial charge in [0.25, 0.3) is 5.91 Å². The van der Waals surface area contributed by atoms with Crippen LogP contribution in [0.2, 0.25) is 0 Å². The summed E-state index contributed by atoms with van der Waals surface area (Å²) in [6.45, 7) is 15.5. The predicted molar refractivity (Wildman–Crippen MR) is 159 cm³/mol. The van der Waals surface area contributed by atoms with Crippen LogP contribution in [0.1, 0.15) is 85.0 Å². The van der Waals surface area contributed by atoms with Gasteiger partial charge in [0, 0.05) is 23.4 Å². The lowest BCUT2D eigenvalue weighted by Gasteiger charge is -2.24. The lowest BCUT2D eigenvalue weighted by Crippen LogP contribution is -2.32. The van der Waals surface area contributed by atoms with Crippen molar-refractivity contribution < 1.29 is 23.9 Å². The standard InChI is InChI=1S/C32H40N4O5/c1-9-40-30(38)25-12-10-11-24(35-25)29(37)36-28-21(5)34-26(17-19(2)3)23(18-33-31(39)41-32(6,7)8)27(28)22-15-13-20(4)14-16-22/h10-16,19H,9,17-18H2,1-8H3,(H,33,39)(H,36,37). The van der Waals surface area contributed by atoms with Gasteiger partial charge in [-0.05, 0) is 71.6 Å². The minimum absolute atomic E-state index is 0.0441. The molecule has 0 bridgehead atoms. The first-order valence-corrected chi connectivity index (χ1v) is 13.8. The number of carbonyl (C=O) groups is 3. The van der Waals surface area contributed by atoms with Crippen LogP contribution in [0.3, 0.4) is 0 Å². The highest BCUT2D eigenvalue weighted by Gasteiger charge is 2.24. The van der Waals surface area contributed by atoms with Gasteiger partial charge in [-0.2, -0.15) is 0 Å². The second-order valence-corrected chi connectivity index (χ2v) is 11.3. The van der Waals surface area contributed by atoms with Crippen LogP contribution in [0.25, 0.3) is 11.1 Å². The number of hydrogen-bond donors (Lipinski definition) is 2. The smallest absolute Gasteiger partial charge is 0.407 e. The molecule has 3 aromatic rings. The van der Waals surface area contributed by atoms with E-state index >= 15 is 0 Å². The van der Waals surface area contributed by atoms with Gasteiger partial charge in [-0.15, -0.1) is 0 Å². The minimum Gasteiger partial charge on any atom is -0.461 e. The number of rotatable bonds is 9. The van der Waals surface area contributed by atoms with Gasteiger partial charge in [-0.1, -0.05) is 49.7 Å². The largest absolute Gasteiger partial charge is 0.461 e. The fourth-order valence-corrected chi connectivity index (χ4v) is 4.27. The van der Waals surface area contributed by atoms with Crippen molar-refractivity contribution in [2.24, 2.45) is 5.92 Å². The Kier molecular flexibility index (Phi) is 10.2. The summed E-state index contributed by atoms with van der Waals surface area (Å²) in [6, 6.07) is 12.6. The molecule has 9 heteroatoms. The second kappa shape index (κ2) is 13.4. The summed E-state index contributed by atoms with van der Waals surface area (Å²) in [6.07, 6.45) is 0.122. The third-order valence-corrected chi connectivity index (χ3v) is 6.02. The minimum atomic E-state index is -0.652. The highest BCUT2D eigenvalue weighted by atomic mass is 16.6. The molecule has 0 spiro atoms. The van der Waals surface area contributed by atoms with Crippen LogP contribution in [0.5, 0.6) is 0 Å². The van der Waals surface area contributed by atoms with Gasteiger partial charge >= 0.3 is 12.1 Å². The molecule has 0 aliphatic heterocycles. The number of alkyl carbamates (subject to hydrolysis) is 1. The van der Waals surface area contributed by atoms with Gasteiger partial charge in [0.05, 0.1) is 18.0 Å². The van der Waals surface area contributed by atoms with Crippen LogP contribution in [0, 0.1) is 19.8 Å². The molecule has 41 heavy (non-hydrogen) atoms. The molecule has 0 atom stereocenters. The molecular formula is C32H40N4O5. The number of pyridine rings is 2. The Hall–Kier alpha value is -4.27. The van der Waals surface area contributed by atoms with Crippen molar-refractivity contribution in [2.75, 3.05) is 11.9 Å². The van der Waals surface area contributed by atoms with Crippen LogP contribution < -0.4 is 10.6 Å². The summed E-state index contributed by atoms with van der Waals surface area (Å²) in [4.78, 5) is 47.4. The van der Waals surface area contributed by atoms with Gasteiger partial charge in [-0.25, -0.2) is 14.6 Å². The van der Waals surface area contributed by atoms with Gasteiger partial charge in [0.1, 0.15) is 17.0 Å². The molecule has 2 N–H and O–H groups in total. The summed E-state index contributed by atoms with van der Waals surface area (Å²) in [5.74, 6) is -0.811. The van der Waals surface area contributed by atoms with Crippen LogP contribution >= 0.6 is 0 Å². The zero-order valence-corrected chi connectivity index (χ0v) is 25.2. The first-order chi connectivity index (χ1) is 19.3. The van der Waals surface area contributed by atoms with Crippen molar-refractivity contribution in [3.8, 4) is 11.1 Å². The predicted octanol–water partition coefficient (Wildman–Crippen LogP) is 6.41. The number of aryl methyl sites for hydroxylation is 2. The summed E-state index contributed by atoms with van der Waals surface area (Å²) in [5.41, 5.74) is 4.86. The van der Waals surface area contributed by atoms with E-state index in [9.17, 15) is 14.4 Å². The zero-order valence-electron chi connectivity index (χ0n) is 25.2. The topological polar surface area (TPSA) is 120 Å². The molecule has 2 amide bonds. The average molecular weight is 561 g/mol. The first-order valence-electron chi connectivity index (χ1n) is 13.8. The van der Waals surface area contributed by atoms with E-state index in [0.717, 1.165) is 27.9 Å². The monoisotopic (exact) mass is 560 g/mol. The van der Waals surface area contributed by atoms with Crippen LogP contribution in [0.4, 0.5) is 10.5 Å². The Bertz CT molecular complexity index is 1410. The fraction of sp³-hybridized carbons (Fsp3) is 0.406. The summed E-state index contributed by atoms with van der Waals surface area (Å²) < 4.78 is 10.5. The normalized spacial score (nSPS) is 11.2. The van der Waals surface area contributed by atoms with Crippen molar-refractivity contribution >= 4 is 23.7 Å². The molecule has 9 nitrogen and oxygen atoms in total. The van der Waals surface area contributed by atoms with E-state index in [4.69, 9.17) is 14.5 Å². The Balaban J connectivity index is 2.14. The highest BCUT2D eigenvalue weighted by molar-refractivity contribution is 6.06. The number of anilines is 1. The van der Waals surface area contributed by atoms with E-state index in [1.54, 1.807) is 33.8 Å². The number of esters is 1. The SMILES string of the molecule is CCOC(=O)c1cccc(C(=O)Nc2c(C)nc(CC(C)C)c(CNC(=O)OC(C)(C)C)c2-c2ccc(C)cc2)n1. The first kappa shape index (κ1) is 31.3. The quantitative estimate of drug-likeness (QED) is 0.290. The maximum Gasteiger partial charge on any atom is 0.407 e. The molecule has 1 aromatic carbocycles. The summed E-state index contributed by atoms with van der Waals surface area (Å²) in [5, 5.41) is 5.87. The van der Waals surface area contributed by atoms with Gasteiger partial charge in [0.2, 0.25) is 0 Å². The molecule has 0 aliphatic carbocycles. The Morgan fingerprint density at radius 1 is 0.951 bits per heavy atom. The van der Waals surface area contributed by atoms with Crippen molar-refractivity contribution in [1.29, 1.82) is 0 Å². The number of ether oxygens (including phenoxy) is 2. The van der Waals surface area contributed by atoms with Crippen molar-refractivity contribution in [3.63, 3.8) is 0 Å². The lowest BCUT2D eigenvalue weighted by atomic mass is 9.92. The number of nitrogens with zero attached hydrogens (tertiary/aromatic N) is 2. The molecule has 0 fully saturated rings. The molecule has 0 saturated heterocycles. The molecule has 0 radical (unpaired) electrons. The van der Waals surface area contributed by atoms with E-state index < -0.39 is 23.6 Å². The highest BCUT2D eigenvalue weighted by Crippen LogP contribution is 2.36. The van der Waals surface area contributed by atoms with Gasteiger partial charge < -0.3 is 20.1 Å². The number of carbonyl (C=O) groups excluding carboxylic acids is 3. The van der Waals surface area contributed by atoms with E-state index in [1.165, 1.54) is 12.1 Å². The molecule has 3 rings (SSSR count). The molecule has 0 unspecified atom stereocenters. The second-order valence-electron chi connectivity index (χ2n) is 11.3. The number of benzene rings is 1. The van der Waals surface area contributed by atoms with Crippen LogP contribution in [-0.4, -0.2) is 40.1 Å². The van der Waals surface area contributed by atoms with Gasteiger partial charge in [0.15, 0.2) is 0 Å². The molecule has 2 heterocycles. The number of nitrogens with one attached hydrogen (secondary N) is 2. The van der Waals surface area contributed by atoms with E-state index in [-0.39, 0.29) is 24.5 Å². The van der Waals surface area contributed by atoms with E-state index in [2.05, 4.69) is 29.5 Å². The van der Waals surface area contributed by atoms with Crippen LogP contribution in [-0.2, 0) is 22.4 Å². The van der Waals surface area contributed by atoms with E-state index in [1.807, 2.05) is 38.1 Å². The summed E-state index contributed by atoms with van der Waals surface area (Å²) >= 11 is 0. The fourth-order valence-electron chi connectivity index (χ4n) is 4.27. The third-order valence-electron chi connectivity index (χ3n) is 6.02. The van der Waals surface area contributed by atoms with Crippen molar-refractivity contribution in [1.82, 2.24) is 15.3 Å². The number of hydrogen-bond acceptors (Lipinski definition) is 7. The van der Waals surface area contributed by atoms with Crippen molar-refractivity contribution in [3.05, 3.63) is 76.4 Å². The maximum atomic E-state index is 13.5. The zero-order chi connectivity index (χ0) is 30.3. The maximum absolute atomic E-state index is 13.5. The molecular weight excluding hydrogens is 520 g/mol. The Morgan fingerprint density at radius 3 is 2.22 bits per heavy atom. The lowest BCUT2D eigenvalue weighted by molar-refractivity contribution is 0.0510. The molecule has 0 aliphatic rings. The molecule has 218 valence electrons. The molecule has 2 aromatic heterocycles.